The number of ether oxygens (including phenoxy) is 3. The molecule has 29 heavy (non-hydrogen) atoms. The Morgan fingerprint density at radius 2 is 1.52 bits per heavy atom. The zero-order chi connectivity index (χ0) is 21.6. The summed E-state index contributed by atoms with van der Waals surface area (Å²) >= 11 is 0. The van der Waals surface area contributed by atoms with E-state index in [1.165, 1.54) is 33.5 Å². The highest BCUT2D eigenvalue weighted by Gasteiger charge is 2.17. The van der Waals surface area contributed by atoms with Gasteiger partial charge in [0.25, 0.3) is 0 Å². The fourth-order valence-electron chi connectivity index (χ4n) is 2.72. The molecule has 1 amide bonds. The minimum Gasteiger partial charge on any atom is -0.493 e. The molecule has 0 aliphatic rings. The van der Waals surface area contributed by atoms with Crippen LogP contribution >= 0.6 is 0 Å². The first-order valence-electron chi connectivity index (χ1n) is 8.91. The van der Waals surface area contributed by atoms with Crippen molar-refractivity contribution in [1.82, 2.24) is 4.72 Å². The highest BCUT2D eigenvalue weighted by Crippen LogP contribution is 2.38. The van der Waals surface area contributed by atoms with Crippen LogP contribution in [0.4, 0.5) is 5.69 Å². The van der Waals surface area contributed by atoms with Crippen molar-refractivity contribution in [1.29, 1.82) is 0 Å². The van der Waals surface area contributed by atoms with Crippen LogP contribution < -0.4 is 24.2 Å². The standard InChI is InChI=1S/C20H26N2O6S/c1-13(2)22-29(24,25)16-8-6-15(7-9-16)21-19(23)12-14-10-17(26-3)20(28-5)18(11-14)27-4/h6-11,13,22H,12H2,1-5H3,(H,21,23). The van der Waals surface area contributed by atoms with Gasteiger partial charge in [-0.25, -0.2) is 13.1 Å². The fourth-order valence-corrected chi connectivity index (χ4v) is 3.97. The Morgan fingerprint density at radius 1 is 0.966 bits per heavy atom. The monoisotopic (exact) mass is 422 g/mol. The molecule has 0 fully saturated rings. The molecule has 2 aromatic rings. The molecule has 0 aromatic heterocycles. The second kappa shape index (κ2) is 9.62. The van der Waals surface area contributed by atoms with Crippen LogP contribution in [0.2, 0.25) is 0 Å². The van der Waals surface area contributed by atoms with Crippen LogP contribution in [0.1, 0.15) is 19.4 Å². The quantitative estimate of drug-likeness (QED) is 0.644. The smallest absolute Gasteiger partial charge is 0.240 e. The number of anilines is 1. The lowest BCUT2D eigenvalue weighted by Gasteiger charge is -2.14. The molecule has 0 unspecified atom stereocenters. The summed E-state index contributed by atoms with van der Waals surface area (Å²) in [6.07, 6.45) is 0.0751. The lowest BCUT2D eigenvalue weighted by molar-refractivity contribution is -0.115. The minimum atomic E-state index is -3.58. The van der Waals surface area contributed by atoms with E-state index in [0.29, 0.717) is 28.5 Å². The average Bonchev–Trinajstić information content (AvgIpc) is 2.66. The summed E-state index contributed by atoms with van der Waals surface area (Å²) in [6, 6.07) is 9.17. The predicted octanol–water partition coefficient (Wildman–Crippen LogP) is 2.58. The van der Waals surface area contributed by atoms with Crippen molar-refractivity contribution in [3.63, 3.8) is 0 Å². The zero-order valence-corrected chi connectivity index (χ0v) is 17.9. The third-order valence-corrected chi connectivity index (χ3v) is 5.60. The van der Waals surface area contributed by atoms with E-state index in [0.717, 1.165) is 0 Å². The van der Waals surface area contributed by atoms with E-state index in [2.05, 4.69) is 10.0 Å². The first-order chi connectivity index (χ1) is 13.7. The highest BCUT2D eigenvalue weighted by molar-refractivity contribution is 7.89. The number of methoxy groups -OCH3 is 3. The number of carbonyl (C=O) groups is 1. The van der Waals surface area contributed by atoms with Crippen LogP contribution in [0.3, 0.4) is 0 Å². The Balaban J connectivity index is 2.12. The van der Waals surface area contributed by atoms with E-state index in [1.807, 2.05) is 0 Å². The lowest BCUT2D eigenvalue weighted by atomic mass is 10.1. The summed E-state index contributed by atoms with van der Waals surface area (Å²) in [6.45, 7) is 3.49. The van der Waals surface area contributed by atoms with Gasteiger partial charge in [-0.1, -0.05) is 0 Å². The van der Waals surface area contributed by atoms with E-state index in [9.17, 15) is 13.2 Å². The van der Waals surface area contributed by atoms with Gasteiger partial charge in [-0.3, -0.25) is 4.79 Å². The Labute approximate surface area is 171 Å². The second-order valence-corrected chi connectivity index (χ2v) is 8.27. The number of hydrogen-bond donors (Lipinski definition) is 2. The minimum absolute atomic E-state index is 0.0751. The molecule has 2 aromatic carbocycles. The van der Waals surface area contributed by atoms with Gasteiger partial charge >= 0.3 is 0 Å². The molecule has 0 atom stereocenters. The molecular weight excluding hydrogens is 396 g/mol. The van der Waals surface area contributed by atoms with Gasteiger partial charge in [0, 0.05) is 11.7 Å². The van der Waals surface area contributed by atoms with E-state index in [1.54, 1.807) is 38.1 Å². The zero-order valence-electron chi connectivity index (χ0n) is 17.1. The summed E-state index contributed by atoms with van der Waals surface area (Å²) in [7, 11) is 0.939. The van der Waals surface area contributed by atoms with Gasteiger partial charge in [0.2, 0.25) is 21.7 Å². The highest BCUT2D eigenvalue weighted by atomic mass is 32.2. The van der Waals surface area contributed by atoms with Crippen LogP contribution in [0.5, 0.6) is 17.2 Å². The Morgan fingerprint density at radius 3 is 1.97 bits per heavy atom. The molecule has 2 rings (SSSR count). The van der Waals surface area contributed by atoms with Gasteiger partial charge in [-0.2, -0.15) is 0 Å². The van der Waals surface area contributed by atoms with Crippen molar-refractivity contribution in [3.8, 4) is 17.2 Å². The molecule has 158 valence electrons. The third kappa shape index (κ3) is 5.85. The Kier molecular flexibility index (Phi) is 7.46. The molecule has 0 heterocycles. The first kappa shape index (κ1) is 22.5. The van der Waals surface area contributed by atoms with Gasteiger partial charge in [-0.15, -0.1) is 0 Å². The molecule has 0 radical (unpaired) electrons. The number of amides is 1. The Bertz CT molecular complexity index is 930. The largest absolute Gasteiger partial charge is 0.493 e. The topological polar surface area (TPSA) is 103 Å². The summed E-state index contributed by atoms with van der Waals surface area (Å²) in [5, 5.41) is 2.75. The maximum Gasteiger partial charge on any atom is 0.240 e. The van der Waals surface area contributed by atoms with Gasteiger partial charge in [0.15, 0.2) is 11.5 Å². The van der Waals surface area contributed by atoms with Crippen LogP contribution in [0.15, 0.2) is 41.3 Å². The molecule has 0 saturated heterocycles. The number of benzene rings is 2. The molecule has 0 aliphatic carbocycles. The molecule has 0 spiro atoms. The van der Waals surface area contributed by atoms with Crippen molar-refractivity contribution < 1.29 is 27.4 Å². The van der Waals surface area contributed by atoms with Crippen molar-refractivity contribution in [2.24, 2.45) is 0 Å². The van der Waals surface area contributed by atoms with E-state index in [-0.39, 0.29) is 23.3 Å². The predicted molar refractivity (Wildman–Crippen MR) is 110 cm³/mol. The fraction of sp³-hybridized carbons (Fsp3) is 0.350. The summed E-state index contributed by atoms with van der Waals surface area (Å²) in [5.74, 6) is 1.10. The second-order valence-electron chi connectivity index (χ2n) is 6.56. The number of nitrogens with one attached hydrogen (secondary N) is 2. The Hall–Kier alpha value is -2.78. The van der Waals surface area contributed by atoms with Gasteiger partial charge < -0.3 is 19.5 Å². The van der Waals surface area contributed by atoms with Crippen LogP contribution in [-0.2, 0) is 21.2 Å². The normalized spacial score (nSPS) is 11.2. The van der Waals surface area contributed by atoms with E-state index >= 15 is 0 Å². The van der Waals surface area contributed by atoms with Gasteiger partial charge in [-0.05, 0) is 55.8 Å². The van der Waals surface area contributed by atoms with Crippen LogP contribution in [0.25, 0.3) is 0 Å². The summed E-state index contributed by atoms with van der Waals surface area (Å²) in [5.41, 5.74) is 1.17. The molecular formula is C20H26N2O6S. The average molecular weight is 423 g/mol. The SMILES string of the molecule is COc1cc(CC(=O)Nc2ccc(S(=O)(=O)NC(C)C)cc2)cc(OC)c1OC. The number of hydrogen-bond acceptors (Lipinski definition) is 6. The van der Waals surface area contributed by atoms with Crippen LogP contribution in [-0.4, -0.2) is 41.7 Å². The summed E-state index contributed by atoms with van der Waals surface area (Å²) < 4.78 is 42.7. The van der Waals surface area contributed by atoms with Crippen LogP contribution in [0, 0.1) is 0 Å². The van der Waals surface area contributed by atoms with E-state index in [4.69, 9.17) is 14.2 Å². The molecule has 9 heteroatoms. The maximum atomic E-state index is 12.4. The first-order valence-corrected chi connectivity index (χ1v) is 10.4. The van der Waals surface area contributed by atoms with Crippen molar-refractivity contribution >= 4 is 21.6 Å². The molecule has 0 aliphatic heterocycles. The lowest BCUT2D eigenvalue weighted by Crippen LogP contribution is -2.30. The van der Waals surface area contributed by atoms with Crippen molar-refractivity contribution in [3.05, 3.63) is 42.0 Å². The van der Waals surface area contributed by atoms with Crippen molar-refractivity contribution in [2.75, 3.05) is 26.6 Å². The van der Waals surface area contributed by atoms with Gasteiger partial charge in [0.05, 0.1) is 32.6 Å². The molecule has 8 nitrogen and oxygen atoms in total. The maximum absolute atomic E-state index is 12.4. The molecule has 0 saturated carbocycles. The van der Waals surface area contributed by atoms with Gasteiger partial charge in [0.1, 0.15) is 0 Å². The van der Waals surface area contributed by atoms with E-state index < -0.39 is 10.0 Å². The van der Waals surface area contributed by atoms with Crippen molar-refractivity contribution in [2.45, 2.75) is 31.2 Å². The number of carbonyl (C=O) groups excluding carboxylic acids is 1. The summed E-state index contributed by atoms with van der Waals surface area (Å²) in [4.78, 5) is 12.5. The molecule has 2 N–H and O–H groups in total. The number of rotatable bonds is 9. The number of sulfonamides is 1. The third-order valence-electron chi connectivity index (χ3n) is 3.93. The molecule has 0 bridgehead atoms.